The minimum atomic E-state index is -1.40. The maximum Gasteiger partial charge on any atom is 0.328 e. The van der Waals surface area contributed by atoms with Gasteiger partial charge in [0.1, 0.15) is 0 Å². The standard InChI is InChI=1S/C21H21N5O3/c22-14-6-7-16-13(10-14)11-21(18(27)23-20(29)24-19(21)28)17-12-25(8-9-26(16)17)15-4-2-1-3-5-15/h1-7,10,17H,8-9,11-12,22H2,(H2,23,24,27,28,29)/t17-/m0/s1. The zero-order valence-corrected chi connectivity index (χ0v) is 15.7. The van der Waals surface area contributed by atoms with Gasteiger partial charge in [-0.25, -0.2) is 4.79 Å². The van der Waals surface area contributed by atoms with E-state index in [9.17, 15) is 14.4 Å². The van der Waals surface area contributed by atoms with E-state index < -0.39 is 29.3 Å². The molecule has 2 aromatic rings. The Hall–Kier alpha value is -3.55. The summed E-state index contributed by atoms with van der Waals surface area (Å²) in [7, 11) is 0. The number of barbiturate groups is 1. The smallest absolute Gasteiger partial charge is 0.328 e. The molecule has 0 aromatic heterocycles. The van der Waals surface area contributed by atoms with E-state index in [1.54, 1.807) is 0 Å². The Morgan fingerprint density at radius 1 is 0.966 bits per heavy atom. The third kappa shape index (κ3) is 2.55. The van der Waals surface area contributed by atoms with E-state index in [4.69, 9.17) is 5.73 Å². The van der Waals surface area contributed by atoms with Gasteiger partial charge in [0.25, 0.3) is 0 Å². The first kappa shape index (κ1) is 17.5. The summed E-state index contributed by atoms with van der Waals surface area (Å²) in [5.41, 5.74) is 8.02. The average molecular weight is 391 g/mol. The molecule has 0 radical (unpaired) electrons. The van der Waals surface area contributed by atoms with Crippen LogP contribution in [0.15, 0.2) is 48.5 Å². The highest BCUT2D eigenvalue weighted by atomic mass is 16.2. The largest absolute Gasteiger partial charge is 0.399 e. The Labute approximate surface area is 167 Å². The third-order valence-corrected chi connectivity index (χ3v) is 6.22. The number of rotatable bonds is 1. The summed E-state index contributed by atoms with van der Waals surface area (Å²) in [5, 5.41) is 4.63. The number of anilines is 3. The molecule has 4 amide bonds. The van der Waals surface area contributed by atoms with Crippen LogP contribution in [0.4, 0.5) is 21.9 Å². The number of nitrogens with two attached hydrogens (primary N) is 1. The fourth-order valence-electron chi connectivity index (χ4n) is 4.84. The van der Waals surface area contributed by atoms with Crippen molar-refractivity contribution in [3.05, 3.63) is 54.1 Å². The van der Waals surface area contributed by atoms with Gasteiger partial charge in [-0.1, -0.05) is 18.2 Å². The van der Waals surface area contributed by atoms with Gasteiger partial charge in [0.2, 0.25) is 11.8 Å². The van der Waals surface area contributed by atoms with Crippen molar-refractivity contribution < 1.29 is 14.4 Å². The molecule has 8 nitrogen and oxygen atoms in total. The molecule has 8 heteroatoms. The summed E-state index contributed by atoms with van der Waals surface area (Å²) in [4.78, 5) is 42.3. The highest BCUT2D eigenvalue weighted by molar-refractivity contribution is 6.20. The number of amides is 4. The molecule has 148 valence electrons. The van der Waals surface area contributed by atoms with Gasteiger partial charge >= 0.3 is 6.03 Å². The van der Waals surface area contributed by atoms with Crippen molar-refractivity contribution in [1.82, 2.24) is 10.6 Å². The molecule has 5 rings (SSSR count). The second kappa shape index (κ2) is 6.23. The number of fused-ring (bicyclic) bond motifs is 4. The number of carbonyl (C=O) groups excluding carboxylic acids is 3. The molecular weight excluding hydrogens is 370 g/mol. The Bertz CT molecular complexity index is 1000. The molecule has 3 aliphatic rings. The Balaban J connectivity index is 1.62. The summed E-state index contributed by atoms with van der Waals surface area (Å²) in [6, 6.07) is 14.3. The number of carbonyl (C=O) groups is 3. The maximum absolute atomic E-state index is 13.1. The van der Waals surface area contributed by atoms with Crippen molar-refractivity contribution in [3.8, 4) is 0 Å². The second-order valence-corrected chi connectivity index (χ2v) is 7.76. The van der Waals surface area contributed by atoms with E-state index in [1.165, 1.54) is 0 Å². The molecule has 2 fully saturated rings. The van der Waals surface area contributed by atoms with Gasteiger partial charge in [-0.05, 0) is 42.3 Å². The van der Waals surface area contributed by atoms with Crippen LogP contribution in [-0.4, -0.2) is 43.5 Å². The number of para-hydroxylation sites is 1. The fraction of sp³-hybridized carbons (Fsp3) is 0.286. The Morgan fingerprint density at radius 3 is 2.41 bits per heavy atom. The van der Waals surface area contributed by atoms with E-state index >= 15 is 0 Å². The molecule has 29 heavy (non-hydrogen) atoms. The zero-order valence-electron chi connectivity index (χ0n) is 15.7. The molecule has 4 N–H and O–H groups in total. The lowest BCUT2D eigenvalue weighted by molar-refractivity contribution is -0.146. The van der Waals surface area contributed by atoms with Gasteiger partial charge < -0.3 is 15.5 Å². The number of imide groups is 2. The van der Waals surface area contributed by atoms with Gasteiger partial charge in [0.15, 0.2) is 5.41 Å². The lowest BCUT2D eigenvalue weighted by atomic mass is 9.68. The van der Waals surface area contributed by atoms with Gasteiger partial charge in [-0.2, -0.15) is 0 Å². The average Bonchev–Trinajstić information content (AvgIpc) is 2.72. The molecule has 0 bridgehead atoms. The summed E-state index contributed by atoms with van der Waals surface area (Å²) < 4.78 is 0. The first-order chi connectivity index (χ1) is 14.0. The van der Waals surface area contributed by atoms with Crippen molar-refractivity contribution in [3.63, 3.8) is 0 Å². The number of nitrogens with zero attached hydrogens (tertiary/aromatic N) is 2. The molecule has 2 saturated heterocycles. The van der Waals surface area contributed by atoms with E-state index in [0.717, 1.165) is 23.5 Å². The molecular formula is C21H21N5O3. The summed E-state index contributed by atoms with van der Waals surface area (Å²) >= 11 is 0. The predicted molar refractivity (Wildman–Crippen MR) is 108 cm³/mol. The Kier molecular flexibility index (Phi) is 3.77. The lowest BCUT2D eigenvalue weighted by Crippen LogP contribution is -2.74. The number of nitrogen functional groups attached to an aromatic ring is 1. The minimum absolute atomic E-state index is 0.197. The van der Waals surface area contributed by atoms with Crippen molar-refractivity contribution >= 4 is 34.9 Å². The van der Waals surface area contributed by atoms with Crippen LogP contribution in [0.25, 0.3) is 0 Å². The first-order valence-electron chi connectivity index (χ1n) is 9.61. The number of hydrogen-bond acceptors (Lipinski definition) is 6. The predicted octanol–water partition coefficient (Wildman–Crippen LogP) is 0.872. The quantitative estimate of drug-likeness (QED) is 0.492. The van der Waals surface area contributed by atoms with E-state index in [-0.39, 0.29) is 6.42 Å². The van der Waals surface area contributed by atoms with Gasteiger partial charge in [-0.15, -0.1) is 0 Å². The highest BCUT2D eigenvalue weighted by Crippen LogP contribution is 2.45. The van der Waals surface area contributed by atoms with Crippen LogP contribution in [0, 0.1) is 5.41 Å². The molecule has 1 spiro atoms. The minimum Gasteiger partial charge on any atom is -0.399 e. The SMILES string of the molecule is Nc1ccc2c(c1)CC1(C(=O)NC(=O)NC1=O)[C@@H]1CN(c3ccccc3)CCN21. The zero-order chi connectivity index (χ0) is 20.2. The van der Waals surface area contributed by atoms with Crippen molar-refractivity contribution in [2.45, 2.75) is 12.5 Å². The van der Waals surface area contributed by atoms with Crippen LogP contribution in [0.3, 0.4) is 0 Å². The normalized spacial score (nSPS) is 22.6. The van der Waals surface area contributed by atoms with Crippen LogP contribution in [0.5, 0.6) is 0 Å². The second-order valence-electron chi connectivity index (χ2n) is 7.76. The van der Waals surface area contributed by atoms with Crippen LogP contribution >= 0.6 is 0 Å². The highest BCUT2D eigenvalue weighted by Gasteiger charge is 2.60. The lowest BCUT2D eigenvalue weighted by Gasteiger charge is -2.54. The van der Waals surface area contributed by atoms with Crippen molar-refractivity contribution in [2.24, 2.45) is 5.41 Å². The summed E-state index contributed by atoms with van der Waals surface area (Å²) in [6.07, 6.45) is 0.197. The number of piperazine rings is 1. The fourth-order valence-corrected chi connectivity index (χ4v) is 4.84. The van der Waals surface area contributed by atoms with Crippen LogP contribution in [0.1, 0.15) is 5.56 Å². The van der Waals surface area contributed by atoms with Crippen LogP contribution in [-0.2, 0) is 16.0 Å². The van der Waals surface area contributed by atoms with Crippen LogP contribution in [0.2, 0.25) is 0 Å². The third-order valence-electron chi connectivity index (χ3n) is 6.22. The molecule has 2 aromatic carbocycles. The number of urea groups is 1. The molecule has 1 atom stereocenters. The molecule has 3 aliphatic heterocycles. The number of hydrogen-bond donors (Lipinski definition) is 3. The Morgan fingerprint density at radius 2 is 1.69 bits per heavy atom. The molecule has 3 heterocycles. The van der Waals surface area contributed by atoms with Gasteiger partial charge in [-0.3, -0.25) is 20.2 Å². The molecule has 0 unspecified atom stereocenters. The topological polar surface area (TPSA) is 108 Å². The summed E-state index contributed by atoms with van der Waals surface area (Å²) in [6.45, 7) is 1.89. The van der Waals surface area contributed by atoms with E-state index in [0.29, 0.717) is 18.8 Å². The van der Waals surface area contributed by atoms with Gasteiger partial charge in [0, 0.05) is 36.7 Å². The van der Waals surface area contributed by atoms with E-state index in [1.807, 2.05) is 48.5 Å². The monoisotopic (exact) mass is 391 g/mol. The summed E-state index contributed by atoms with van der Waals surface area (Å²) in [5.74, 6) is -1.10. The first-order valence-corrected chi connectivity index (χ1v) is 9.61. The number of nitrogens with one attached hydrogen (secondary N) is 2. The van der Waals surface area contributed by atoms with E-state index in [2.05, 4.69) is 20.4 Å². The number of benzene rings is 2. The van der Waals surface area contributed by atoms with Crippen molar-refractivity contribution in [2.75, 3.05) is 35.2 Å². The van der Waals surface area contributed by atoms with Gasteiger partial charge in [0.05, 0.1) is 6.04 Å². The van der Waals surface area contributed by atoms with Crippen LogP contribution < -0.4 is 26.2 Å². The molecule has 0 saturated carbocycles. The van der Waals surface area contributed by atoms with Crippen molar-refractivity contribution in [1.29, 1.82) is 0 Å². The maximum atomic E-state index is 13.1. The molecule has 0 aliphatic carbocycles.